The van der Waals surface area contributed by atoms with Crippen LogP contribution in [-0.2, 0) is 0 Å². The van der Waals surface area contributed by atoms with Crippen LogP contribution in [0, 0.1) is 17.2 Å². The van der Waals surface area contributed by atoms with Crippen molar-refractivity contribution in [3.8, 4) is 23.2 Å². The lowest BCUT2D eigenvalue weighted by molar-refractivity contribution is 0.208. The number of aromatic amines is 1. The number of hydrogen-bond acceptors (Lipinski definition) is 5. The maximum absolute atomic E-state index is 11.5. The van der Waals surface area contributed by atoms with E-state index in [9.17, 15) is 10.1 Å². The molecule has 1 aromatic carbocycles. The molecule has 1 aliphatic carbocycles. The van der Waals surface area contributed by atoms with Gasteiger partial charge in [-0.05, 0) is 37.0 Å². The first-order valence-corrected chi connectivity index (χ1v) is 8.20. The smallest absolute Gasteiger partial charge is 0.253 e. The van der Waals surface area contributed by atoms with E-state index in [1.165, 1.54) is 38.2 Å². The molecule has 3 rings (SSSR count). The fourth-order valence-electron chi connectivity index (χ4n) is 3.07. The maximum atomic E-state index is 11.5. The molecule has 0 amide bonds. The predicted octanol–water partition coefficient (Wildman–Crippen LogP) is 2.85. The zero-order chi connectivity index (χ0) is 16.9. The Kier molecular flexibility index (Phi) is 4.80. The number of rotatable bonds is 4. The minimum absolute atomic E-state index is 0.143. The third kappa shape index (κ3) is 3.74. The van der Waals surface area contributed by atoms with Gasteiger partial charge in [-0.2, -0.15) is 5.26 Å². The fraction of sp³-hybridized carbons (Fsp3) is 0.389. The van der Waals surface area contributed by atoms with Gasteiger partial charge in [-0.15, -0.1) is 0 Å². The van der Waals surface area contributed by atoms with Crippen LogP contribution >= 0.6 is 0 Å². The summed E-state index contributed by atoms with van der Waals surface area (Å²) >= 11 is 0. The number of nitrogens with two attached hydrogens (primary N) is 1. The Bertz CT molecular complexity index is 816. The number of aromatic nitrogens is 2. The third-order valence-electron chi connectivity index (χ3n) is 4.33. The summed E-state index contributed by atoms with van der Waals surface area (Å²) in [5.74, 6) is 1.62. The molecule has 2 aromatic rings. The normalized spacial score (nSPS) is 15.0. The molecule has 6 nitrogen and oxygen atoms in total. The molecule has 0 spiro atoms. The Morgan fingerprint density at radius 3 is 2.79 bits per heavy atom. The number of nitriles is 1. The average molecular weight is 324 g/mol. The summed E-state index contributed by atoms with van der Waals surface area (Å²) < 4.78 is 5.87. The van der Waals surface area contributed by atoms with E-state index in [0.717, 1.165) is 0 Å². The van der Waals surface area contributed by atoms with Crippen molar-refractivity contribution in [3.63, 3.8) is 0 Å². The van der Waals surface area contributed by atoms with Crippen molar-refractivity contribution in [1.29, 1.82) is 5.26 Å². The van der Waals surface area contributed by atoms with Gasteiger partial charge in [-0.1, -0.05) is 19.3 Å². The topological polar surface area (TPSA) is 105 Å². The summed E-state index contributed by atoms with van der Waals surface area (Å²) in [5, 5.41) is 9.39. The number of H-pyrrole nitrogens is 1. The third-order valence-corrected chi connectivity index (χ3v) is 4.33. The molecule has 1 saturated carbocycles. The summed E-state index contributed by atoms with van der Waals surface area (Å²) in [5.41, 5.74) is 6.33. The molecule has 1 aromatic heterocycles. The zero-order valence-corrected chi connectivity index (χ0v) is 13.4. The Morgan fingerprint density at radius 1 is 1.29 bits per heavy atom. The van der Waals surface area contributed by atoms with Crippen LogP contribution in [0.5, 0.6) is 5.75 Å². The van der Waals surface area contributed by atoms with Crippen molar-refractivity contribution >= 4 is 5.82 Å². The Hall–Kier alpha value is -2.81. The molecular formula is C18H20N4O2. The van der Waals surface area contributed by atoms with Crippen molar-refractivity contribution < 1.29 is 4.74 Å². The van der Waals surface area contributed by atoms with Crippen molar-refractivity contribution in [2.45, 2.75) is 32.1 Å². The molecule has 1 heterocycles. The van der Waals surface area contributed by atoms with Gasteiger partial charge in [0.15, 0.2) is 0 Å². The van der Waals surface area contributed by atoms with Crippen molar-refractivity contribution in [3.05, 3.63) is 40.2 Å². The molecule has 1 fully saturated rings. The maximum Gasteiger partial charge on any atom is 0.253 e. The van der Waals surface area contributed by atoms with Crippen molar-refractivity contribution in [2.75, 3.05) is 12.3 Å². The van der Waals surface area contributed by atoms with Gasteiger partial charge in [0.1, 0.15) is 23.5 Å². The van der Waals surface area contributed by atoms with E-state index in [1.54, 1.807) is 18.2 Å². The van der Waals surface area contributed by atoms with Gasteiger partial charge in [0.2, 0.25) is 0 Å². The fourth-order valence-corrected chi connectivity index (χ4v) is 3.07. The lowest BCUT2D eigenvalue weighted by Gasteiger charge is -2.22. The van der Waals surface area contributed by atoms with E-state index in [-0.39, 0.29) is 11.4 Å². The minimum atomic E-state index is -0.325. The predicted molar refractivity (Wildman–Crippen MR) is 91.5 cm³/mol. The van der Waals surface area contributed by atoms with E-state index in [1.807, 2.05) is 0 Å². The second kappa shape index (κ2) is 7.18. The summed E-state index contributed by atoms with van der Waals surface area (Å²) in [6.07, 6.45) is 6.20. The highest BCUT2D eigenvalue weighted by atomic mass is 16.5. The number of ether oxygens (including phenoxy) is 1. The number of nitrogens with one attached hydrogen (secondary N) is 1. The Labute approximate surface area is 140 Å². The molecular weight excluding hydrogens is 304 g/mol. The van der Waals surface area contributed by atoms with Crippen LogP contribution < -0.4 is 16.0 Å². The summed E-state index contributed by atoms with van der Waals surface area (Å²) in [6, 6.07) is 8.55. The van der Waals surface area contributed by atoms with Crippen LogP contribution in [-0.4, -0.2) is 16.6 Å². The second-order valence-corrected chi connectivity index (χ2v) is 6.16. The van der Waals surface area contributed by atoms with Gasteiger partial charge in [-0.25, -0.2) is 4.98 Å². The first-order chi connectivity index (χ1) is 11.7. The molecule has 0 radical (unpaired) electrons. The van der Waals surface area contributed by atoms with Crippen LogP contribution in [0.3, 0.4) is 0 Å². The number of benzene rings is 1. The average Bonchev–Trinajstić information content (AvgIpc) is 2.60. The van der Waals surface area contributed by atoms with Gasteiger partial charge in [-0.3, -0.25) is 4.79 Å². The molecule has 24 heavy (non-hydrogen) atoms. The van der Waals surface area contributed by atoms with Crippen LogP contribution in [0.15, 0.2) is 29.1 Å². The number of anilines is 1. The van der Waals surface area contributed by atoms with Crippen molar-refractivity contribution in [2.24, 2.45) is 5.92 Å². The molecule has 0 unspecified atom stereocenters. The standard InChI is InChI=1S/C18H20N4O2/c19-10-14-8-13(18-21-16(20)9-17(23)22-18)6-7-15(14)24-11-12-4-2-1-3-5-12/h6-9,12H,1-5,11H2,(H3,20,21,22,23). The lowest BCUT2D eigenvalue weighted by atomic mass is 9.90. The largest absolute Gasteiger partial charge is 0.492 e. The molecule has 0 bridgehead atoms. The van der Waals surface area contributed by atoms with Crippen LogP contribution in [0.2, 0.25) is 0 Å². The first-order valence-electron chi connectivity index (χ1n) is 8.20. The van der Waals surface area contributed by atoms with Gasteiger partial charge >= 0.3 is 0 Å². The van der Waals surface area contributed by atoms with E-state index >= 15 is 0 Å². The monoisotopic (exact) mass is 324 g/mol. The van der Waals surface area contributed by atoms with E-state index in [4.69, 9.17) is 10.5 Å². The summed E-state index contributed by atoms with van der Waals surface area (Å²) in [6.45, 7) is 0.640. The summed E-state index contributed by atoms with van der Waals surface area (Å²) in [7, 11) is 0. The van der Waals surface area contributed by atoms with E-state index in [2.05, 4.69) is 16.0 Å². The highest BCUT2D eigenvalue weighted by Crippen LogP contribution is 2.27. The molecule has 3 N–H and O–H groups in total. The second-order valence-electron chi connectivity index (χ2n) is 6.16. The van der Waals surface area contributed by atoms with Gasteiger partial charge in [0, 0.05) is 11.6 Å². The van der Waals surface area contributed by atoms with Crippen molar-refractivity contribution in [1.82, 2.24) is 9.97 Å². The SMILES string of the molecule is N#Cc1cc(-c2nc(N)cc(=O)[nH]2)ccc1OCC1CCCCC1. The minimum Gasteiger partial charge on any atom is -0.492 e. The molecule has 124 valence electrons. The zero-order valence-electron chi connectivity index (χ0n) is 13.4. The highest BCUT2D eigenvalue weighted by molar-refractivity contribution is 5.62. The number of nitrogens with zero attached hydrogens (tertiary/aromatic N) is 2. The quantitative estimate of drug-likeness (QED) is 0.899. The molecule has 0 atom stereocenters. The first kappa shape index (κ1) is 16.1. The van der Waals surface area contributed by atoms with E-state index in [0.29, 0.717) is 35.2 Å². The molecule has 0 aliphatic heterocycles. The van der Waals surface area contributed by atoms with Gasteiger partial charge < -0.3 is 15.5 Å². The molecule has 1 aliphatic rings. The number of hydrogen-bond donors (Lipinski definition) is 2. The van der Waals surface area contributed by atoms with Gasteiger partial charge in [0.25, 0.3) is 5.56 Å². The van der Waals surface area contributed by atoms with E-state index < -0.39 is 0 Å². The van der Waals surface area contributed by atoms with Crippen LogP contribution in [0.1, 0.15) is 37.7 Å². The van der Waals surface area contributed by atoms with Gasteiger partial charge in [0.05, 0.1) is 12.2 Å². The summed E-state index contributed by atoms with van der Waals surface area (Å²) in [4.78, 5) is 18.2. The molecule has 0 saturated heterocycles. The number of nitrogen functional groups attached to an aromatic ring is 1. The lowest BCUT2D eigenvalue weighted by Crippen LogP contribution is -2.15. The Balaban J connectivity index is 1.80. The Morgan fingerprint density at radius 2 is 2.08 bits per heavy atom. The van der Waals surface area contributed by atoms with Crippen LogP contribution in [0.4, 0.5) is 5.82 Å². The highest BCUT2D eigenvalue weighted by Gasteiger charge is 2.15. The molecule has 6 heteroatoms. The van der Waals surface area contributed by atoms with Crippen LogP contribution in [0.25, 0.3) is 11.4 Å².